The van der Waals surface area contributed by atoms with Crippen LogP contribution in [0.15, 0.2) is 0 Å². The van der Waals surface area contributed by atoms with Crippen molar-refractivity contribution in [2.75, 3.05) is 6.54 Å². The average Bonchev–Trinajstić information content (AvgIpc) is 2.79. The van der Waals surface area contributed by atoms with Crippen LogP contribution in [0.2, 0.25) is 0 Å². The molecule has 0 aromatic heterocycles. The van der Waals surface area contributed by atoms with Crippen LogP contribution in [0.3, 0.4) is 0 Å². The Morgan fingerprint density at radius 2 is 1.77 bits per heavy atom. The summed E-state index contributed by atoms with van der Waals surface area (Å²) in [4.78, 5) is 0. The van der Waals surface area contributed by atoms with Crippen LogP contribution < -0.4 is 5.32 Å². The Balaban J connectivity index is 2.17. The van der Waals surface area contributed by atoms with Gasteiger partial charge in [-0.25, -0.2) is 0 Å². The normalized spacial score (nSPS) is 22.8. The molecule has 1 fully saturated rings. The molecule has 1 aliphatic rings. The first-order valence-corrected chi connectivity index (χ1v) is 5.64. The van der Waals surface area contributed by atoms with E-state index in [1.807, 2.05) is 0 Å². The first-order valence-electron chi connectivity index (χ1n) is 5.64. The van der Waals surface area contributed by atoms with Gasteiger partial charge < -0.3 is 5.32 Å². The zero-order valence-electron chi connectivity index (χ0n) is 9.85. The van der Waals surface area contributed by atoms with Crippen molar-refractivity contribution in [1.29, 1.82) is 0 Å². The molecule has 0 amide bonds. The Kier molecular flexibility index (Phi) is 3.39. The molecule has 0 aromatic carbocycles. The molecule has 1 aliphatic carbocycles. The lowest BCUT2D eigenvalue weighted by atomic mass is 9.82. The molecule has 0 spiro atoms. The molecule has 0 radical (unpaired) electrons. The van der Waals surface area contributed by atoms with Gasteiger partial charge in [-0.05, 0) is 43.6 Å². The molecule has 1 heteroatoms. The van der Waals surface area contributed by atoms with Gasteiger partial charge in [-0.1, -0.05) is 27.7 Å². The first kappa shape index (κ1) is 11.0. The summed E-state index contributed by atoms with van der Waals surface area (Å²) in [5.74, 6) is 1.74. The fraction of sp³-hybridized carbons (Fsp3) is 1.00. The second kappa shape index (κ2) is 4.00. The third-order valence-corrected chi connectivity index (χ3v) is 3.55. The number of nitrogens with one attached hydrogen (secondary N) is 1. The van der Waals surface area contributed by atoms with E-state index >= 15 is 0 Å². The van der Waals surface area contributed by atoms with E-state index in [0.29, 0.717) is 5.41 Å². The van der Waals surface area contributed by atoms with Crippen molar-refractivity contribution >= 4 is 0 Å². The van der Waals surface area contributed by atoms with Crippen LogP contribution >= 0.6 is 0 Å². The van der Waals surface area contributed by atoms with Gasteiger partial charge in [0.1, 0.15) is 0 Å². The third kappa shape index (κ3) is 3.68. The second-order valence-electron chi connectivity index (χ2n) is 5.80. The van der Waals surface area contributed by atoms with Gasteiger partial charge in [0, 0.05) is 6.04 Å². The van der Waals surface area contributed by atoms with Crippen molar-refractivity contribution in [2.24, 2.45) is 17.3 Å². The molecule has 0 heterocycles. The average molecular weight is 183 g/mol. The fourth-order valence-corrected chi connectivity index (χ4v) is 1.43. The largest absolute Gasteiger partial charge is 0.314 e. The molecular weight excluding hydrogens is 158 g/mol. The first-order chi connectivity index (χ1) is 5.91. The van der Waals surface area contributed by atoms with Gasteiger partial charge in [0.2, 0.25) is 0 Å². The third-order valence-electron chi connectivity index (χ3n) is 3.55. The number of hydrogen-bond acceptors (Lipinski definition) is 1. The molecule has 0 bridgehead atoms. The van der Waals surface area contributed by atoms with Crippen LogP contribution in [0.5, 0.6) is 0 Å². The monoisotopic (exact) mass is 183 g/mol. The lowest BCUT2D eigenvalue weighted by molar-refractivity contribution is 0.244. The predicted octanol–water partition coefficient (Wildman–Crippen LogP) is 3.06. The van der Waals surface area contributed by atoms with E-state index in [9.17, 15) is 0 Å². The van der Waals surface area contributed by atoms with Crippen LogP contribution in [-0.4, -0.2) is 12.6 Å². The summed E-state index contributed by atoms with van der Waals surface area (Å²) in [5.41, 5.74) is 0.441. The minimum atomic E-state index is 0.441. The van der Waals surface area contributed by atoms with Crippen LogP contribution in [-0.2, 0) is 0 Å². The Morgan fingerprint density at radius 1 is 1.23 bits per heavy atom. The van der Waals surface area contributed by atoms with Crippen LogP contribution in [0.1, 0.15) is 47.5 Å². The Hall–Kier alpha value is -0.0400. The summed E-state index contributed by atoms with van der Waals surface area (Å²) in [5, 5.41) is 3.65. The van der Waals surface area contributed by atoms with E-state index in [4.69, 9.17) is 0 Å². The van der Waals surface area contributed by atoms with Crippen molar-refractivity contribution < 1.29 is 0 Å². The molecule has 2 atom stereocenters. The summed E-state index contributed by atoms with van der Waals surface area (Å²) < 4.78 is 0. The smallest absolute Gasteiger partial charge is 0.00671 e. The highest BCUT2D eigenvalue weighted by molar-refractivity contribution is 4.84. The van der Waals surface area contributed by atoms with Gasteiger partial charge in [-0.3, -0.25) is 0 Å². The van der Waals surface area contributed by atoms with Crippen LogP contribution in [0.25, 0.3) is 0 Å². The molecule has 2 unspecified atom stereocenters. The van der Waals surface area contributed by atoms with Crippen molar-refractivity contribution in [3.63, 3.8) is 0 Å². The van der Waals surface area contributed by atoms with Gasteiger partial charge in [0.15, 0.2) is 0 Å². The molecule has 1 saturated carbocycles. The van der Waals surface area contributed by atoms with Crippen LogP contribution in [0, 0.1) is 17.3 Å². The minimum absolute atomic E-state index is 0.441. The summed E-state index contributed by atoms with van der Waals surface area (Å²) in [6.07, 6.45) is 2.89. The molecule has 78 valence electrons. The maximum Gasteiger partial charge on any atom is 0.00671 e. The quantitative estimate of drug-likeness (QED) is 0.706. The van der Waals surface area contributed by atoms with E-state index in [-0.39, 0.29) is 0 Å². The summed E-state index contributed by atoms with van der Waals surface area (Å²) in [7, 11) is 0. The van der Waals surface area contributed by atoms with Gasteiger partial charge >= 0.3 is 0 Å². The van der Waals surface area contributed by atoms with Crippen LogP contribution in [0.4, 0.5) is 0 Å². The molecule has 1 nitrogen and oxygen atoms in total. The van der Waals surface area contributed by atoms with Crippen molar-refractivity contribution in [3.8, 4) is 0 Å². The highest BCUT2D eigenvalue weighted by Crippen LogP contribution is 2.32. The van der Waals surface area contributed by atoms with Gasteiger partial charge in [0.25, 0.3) is 0 Å². The molecule has 0 aromatic rings. The van der Waals surface area contributed by atoms with Crippen molar-refractivity contribution in [3.05, 3.63) is 0 Å². The number of hydrogen-bond donors (Lipinski definition) is 1. The zero-order chi connectivity index (χ0) is 10.1. The molecule has 13 heavy (non-hydrogen) atoms. The van der Waals surface area contributed by atoms with E-state index in [2.05, 4.69) is 39.9 Å². The van der Waals surface area contributed by atoms with E-state index in [0.717, 1.165) is 17.9 Å². The number of rotatable bonds is 4. The summed E-state index contributed by atoms with van der Waals surface area (Å²) in [6.45, 7) is 12.8. The molecule has 1 N–H and O–H groups in total. The van der Waals surface area contributed by atoms with Gasteiger partial charge in [-0.2, -0.15) is 0 Å². The Labute approximate surface area is 83.3 Å². The molecule has 0 saturated heterocycles. The zero-order valence-corrected chi connectivity index (χ0v) is 9.85. The lowest BCUT2D eigenvalue weighted by Crippen LogP contribution is -2.36. The fourth-order valence-electron chi connectivity index (χ4n) is 1.43. The lowest BCUT2D eigenvalue weighted by Gasteiger charge is -2.28. The Morgan fingerprint density at radius 3 is 2.15 bits per heavy atom. The summed E-state index contributed by atoms with van der Waals surface area (Å²) >= 11 is 0. The highest BCUT2D eigenvalue weighted by atomic mass is 14.9. The Bertz CT molecular complexity index is 153. The van der Waals surface area contributed by atoms with E-state index < -0.39 is 0 Å². The second-order valence-corrected chi connectivity index (χ2v) is 5.80. The molecule has 0 aliphatic heterocycles. The van der Waals surface area contributed by atoms with Gasteiger partial charge in [0.05, 0.1) is 0 Å². The minimum Gasteiger partial charge on any atom is -0.314 e. The standard InChI is InChI=1S/C12H25N/c1-9(12(3,4)5)8-13-10(2)11-6-7-11/h9-11,13H,6-8H2,1-5H3. The maximum atomic E-state index is 3.65. The van der Waals surface area contributed by atoms with Crippen molar-refractivity contribution in [1.82, 2.24) is 5.32 Å². The topological polar surface area (TPSA) is 12.0 Å². The molecule has 1 rings (SSSR count). The predicted molar refractivity (Wildman–Crippen MR) is 58.8 cm³/mol. The van der Waals surface area contributed by atoms with E-state index in [1.165, 1.54) is 19.4 Å². The SMILES string of the molecule is CC(NCC(C)C(C)(C)C)C1CC1. The maximum absolute atomic E-state index is 3.65. The van der Waals surface area contributed by atoms with Crippen molar-refractivity contribution in [2.45, 2.75) is 53.5 Å². The highest BCUT2D eigenvalue weighted by Gasteiger charge is 2.28. The van der Waals surface area contributed by atoms with Gasteiger partial charge in [-0.15, -0.1) is 0 Å². The summed E-state index contributed by atoms with van der Waals surface area (Å²) in [6, 6.07) is 0.741. The van der Waals surface area contributed by atoms with E-state index in [1.54, 1.807) is 0 Å². The molecular formula is C12H25N.